The van der Waals surface area contributed by atoms with Gasteiger partial charge in [0.25, 0.3) is 5.91 Å². The van der Waals surface area contributed by atoms with Crippen LogP contribution in [0, 0.1) is 5.92 Å². The van der Waals surface area contributed by atoms with Gasteiger partial charge >= 0.3 is 10.2 Å². The number of ether oxygens (including phenoxy) is 1. The lowest BCUT2D eigenvalue weighted by atomic mass is 9.96. The molecule has 0 atom stereocenters. The first-order chi connectivity index (χ1) is 13.2. The van der Waals surface area contributed by atoms with Gasteiger partial charge in [0.1, 0.15) is 11.4 Å². The third kappa shape index (κ3) is 3.72. The molecule has 28 heavy (non-hydrogen) atoms. The van der Waals surface area contributed by atoms with Gasteiger partial charge in [-0.05, 0) is 31.1 Å². The molecule has 2 aliphatic rings. The van der Waals surface area contributed by atoms with Gasteiger partial charge in [0.15, 0.2) is 0 Å². The summed E-state index contributed by atoms with van der Waals surface area (Å²) in [4.78, 5) is 25.9. The van der Waals surface area contributed by atoms with Crippen LogP contribution < -0.4 is 10.5 Å². The Bertz CT molecular complexity index is 962. The van der Waals surface area contributed by atoms with E-state index in [1.54, 1.807) is 24.3 Å². The van der Waals surface area contributed by atoms with Crippen molar-refractivity contribution in [2.45, 2.75) is 12.8 Å². The molecule has 0 saturated carbocycles. The molecular weight excluding hydrogens is 384 g/mol. The van der Waals surface area contributed by atoms with Crippen molar-refractivity contribution in [3.05, 3.63) is 41.6 Å². The number of primary amides is 1. The zero-order chi connectivity index (χ0) is 20.5. The van der Waals surface area contributed by atoms with E-state index in [1.807, 2.05) is 0 Å². The first kappa shape index (κ1) is 19.9. The van der Waals surface area contributed by atoms with Crippen LogP contribution in [0.5, 0.6) is 5.75 Å². The number of hydrogen-bond acceptors (Lipinski definition) is 5. The van der Waals surface area contributed by atoms with Crippen molar-refractivity contribution in [3.63, 3.8) is 0 Å². The third-order valence-electron chi connectivity index (χ3n) is 4.96. The molecule has 9 nitrogen and oxygen atoms in total. The molecule has 0 bridgehead atoms. The van der Waals surface area contributed by atoms with Crippen LogP contribution in [0.1, 0.15) is 18.4 Å². The fraction of sp³-hybridized carbons (Fsp3) is 0.389. The first-order valence-corrected chi connectivity index (χ1v) is 10.2. The number of hydrogen-bond donors (Lipinski definition) is 1. The van der Waals surface area contributed by atoms with Gasteiger partial charge < -0.3 is 15.4 Å². The van der Waals surface area contributed by atoms with E-state index >= 15 is 0 Å². The van der Waals surface area contributed by atoms with Crippen LogP contribution in [-0.4, -0.2) is 62.4 Å². The van der Waals surface area contributed by atoms with E-state index in [0.29, 0.717) is 37.2 Å². The van der Waals surface area contributed by atoms with E-state index in [2.05, 4.69) is 4.40 Å². The van der Waals surface area contributed by atoms with E-state index in [1.165, 1.54) is 25.1 Å². The number of para-hydroxylation sites is 1. The van der Waals surface area contributed by atoms with Crippen molar-refractivity contribution in [2.75, 3.05) is 27.2 Å². The molecule has 2 amide bonds. The number of likely N-dealkylation sites (N-methyl/N-ethyl adjacent to an activating group) is 1. The minimum absolute atomic E-state index is 0.00608. The number of methoxy groups -OCH3 is 1. The summed E-state index contributed by atoms with van der Waals surface area (Å²) in [7, 11) is -1.30. The number of allylic oxidation sites excluding steroid dienone is 1. The van der Waals surface area contributed by atoms with Crippen molar-refractivity contribution in [2.24, 2.45) is 16.0 Å². The van der Waals surface area contributed by atoms with Crippen LogP contribution in [0.25, 0.3) is 0 Å². The second kappa shape index (κ2) is 7.63. The predicted octanol–water partition coefficient (Wildman–Crippen LogP) is 0.282. The number of nitrogens with zero attached hydrogens (tertiary/aromatic N) is 3. The summed E-state index contributed by atoms with van der Waals surface area (Å²) in [6, 6.07) is 6.85. The molecular formula is C18H22N4O5S. The maximum atomic E-state index is 13.0. The van der Waals surface area contributed by atoms with Crippen molar-refractivity contribution in [1.29, 1.82) is 0 Å². The van der Waals surface area contributed by atoms with Gasteiger partial charge in [0.2, 0.25) is 5.91 Å². The molecule has 2 heterocycles. The van der Waals surface area contributed by atoms with Crippen molar-refractivity contribution in [3.8, 4) is 5.75 Å². The Kier molecular flexibility index (Phi) is 5.41. The summed E-state index contributed by atoms with van der Waals surface area (Å²) in [6.07, 6.45) is 2.36. The largest absolute Gasteiger partial charge is 0.496 e. The highest BCUT2D eigenvalue weighted by Crippen LogP contribution is 2.27. The Hall–Kier alpha value is -2.88. The molecule has 1 saturated heterocycles. The lowest BCUT2D eigenvalue weighted by Gasteiger charge is -2.33. The fourth-order valence-electron chi connectivity index (χ4n) is 3.27. The van der Waals surface area contributed by atoms with Gasteiger partial charge in [-0.2, -0.15) is 8.42 Å². The molecule has 10 heteroatoms. The minimum Gasteiger partial charge on any atom is -0.496 e. The SMILES string of the molecule is COc1ccccc1C1=NS(=O)(=O)N(C)C(C(=O)N2CCC(C(N)=O)CC2)=C1. The van der Waals surface area contributed by atoms with E-state index in [0.717, 1.165) is 4.31 Å². The standard InChI is InChI=1S/C18H22N4O5S/c1-21-15(18(24)22-9-7-12(8-10-22)17(19)23)11-14(20-28(21,25)26)13-5-3-4-6-16(13)27-2/h3-6,11-12H,7-10H2,1-2H3,(H2,19,23). The molecule has 2 N–H and O–H groups in total. The average molecular weight is 406 g/mol. The molecule has 0 aliphatic carbocycles. The minimum atomic E-state index is -4.06. The maximum Gasteiger partial charge on any atom is 0.345 e. The monoisotopic (exact) mass is 406 g/mol. The number of piperidine rings is 1. The molecule has 0 spiro atoms. The number of rotatable bonds is 4. The molecule has 1 aromatic rings. The average Bonchev–Trinajstić information content (AvgIpc) is 2.69. The molecule has 2 aliphatic heterocycles. The third-order valence-corrected chi connectivity index (χ3v) is 6.28. The summed E-state index contributed by atoms with van der Waals surface area (Å²) < 4.78 is 35.0. The van der Waals surface area contributed by atoms with Crippen molar-refractivity contribution in [1.82, 2.24) is 9.21 Å². The Labute approximate surface area is 163 Å². The maximum absolute atomic E-state index is 13.0. The Morgan fingerprint density at radius 1 is 1.21 bits per heavy atom. The second-order valence-corrected chi connectivity index (χ2v) is 8.25. The molecule has 3 rings (SSSR count). The zero-order valence-electron chi connectivity index (χ0n) is 15.7. The first-order valence-electron chi connectivity index (χ1n) is 8.77. The van der Waals surface area contributed by atoms with Crippen LogP contribution >= 0.6 is 0 Å². The molecule has 0 aromatic heterocycles. The smallest absolute Gasteiger partial charge is 0.345 e. The highest BCUT2D eigenvalue weighted by Gasteiger charge is 2.34. The highest BCUT2D eigenvalue weighted by atomic mass is 32.2. The van der Waals surface area contributed by atoms with E-state index in [-0.39, 0.29) is 23.2 Å². The van der Waals surface area contributed by atoms with Gasteiger partial charge in [0, 0.05) is 31.6 Å². The zero-order valence-corrected chi connectivity index (χ0v) is 16.5. The second-order valence-electron chi connectivity index (χ2n) is 6.62. The Morgan fingerprint density at radius 2 is 1.86 bits per heavy atom. The van der Waals surface area contributed by atoms with Gasteiger partial charge in [0.05, 0.1) is 12.8 Å². The Balaban J connectivity index is 1.93. The van der Waals surface area contributed by atoms with Gasteiger partial charge in [-0.15, -0.1) is 4.40 Å². The summed E-state index contributed by atoms with van der Waals surface area (Å²) in [5.74, 6) is -0.631. The summed E-state index contributed by atoms with van der Waals surface area (Å²) in [5, 5.41) is 0. The number of likely N-dealkylation sites (tertiary alicyclic amines) is 1. The summed E-state index contributed by atoms with van der Waals surface area (Å²) in [6.45, 7) is 0.664. The van der Waals surface area contributed by atoms with Gasteiger partial charge in [-0.3, -0.25) is 9.59 Å². The molecule has 0 radical (unpaired) electrons. The van der Waals surface area contributed by atoms with Crippen LogP contribution in [0.3, 0.4) is 0 Å². The van der Waals surface area contributed by atoms with Crippen LogP contribution in [-0.2, 0) is 19.8 Å². The lowest BCUT2D eigenvalue weighted by molar-refractivity contribution is -0.132. The fourth-order valence-corrected chi connectivity index (χ4v) is 4.17. The number of nitrogens with two attached hydrogens (primary N) is 1. The van der Waals surface area contributed by atoms with E-state index < -0.39 is 16.1 Å². The summed E-state index contributed by atoms with van der Waals surface area (Å²) >= 11 is 0. The Morgan fingerprint density at radius 3 is 2.46 bits per heavy atom. The molecule has 150 valence electrons. The van der Waals surface area contributed by atoms with Crippen LogP contribution in [0.4, 0.5) is 0 Å². The molecule has 1 fully saturated rings. The quantitative estimate of drug-likeness (QED) is 0.770. The van der Waals surface area contributed by atoms with E-state index in [9.17, 15) is 18.0 Å². The number of amides is 2. The summed E-state index contributed by atoms with van der Waals surface area (Å²) in [5.41, 5.74) is 5.93. The number of carbonyl (C=O) groups excluding carboxylic acids is 2. The van der Waals surface area contributed by atoms with Crippen LogP contribution in [0.15, 0.2) is 40.4 Å². The van der Waals surface area contributed by atoms with E-state index in [4.69, 9.17) is 10.5 Å². The number of carbonyl (C=O) groups is 2. The van der Waals surface area contributed by atoms with Gasteiger partial charge in [-0.1, -0.05) is 12.1 Å². The topological polar surface area (TPSA) is 122 Å². The van der Waals surface area contributed by atoms with Gasteiger partial charge in [-0.25, -0.2) is 4.31 Å². The normalized spacial score (nSPS) is 19.6. The predicted molar refractivity (Wildman–Crippen MR) is 103 cm³/mol. The number of benzene rings is 1. The highest BCUT2D eigenvalue weighted by molar-refractivity contribution is 7.88. The molecule has 1 aromatic carbocycles. The van der Waals surface area contributed by atoms with Crippen LogP contribution in [0.2, 0.25) is 0 Å². The lowest BCUT2D eigenvalue weighted by Crippen LogP contribution is -2.45. The van der Waals surface area contributed by atoms with Crippen molar-refractivity contribution < 1.29 is 22.7 Å². The van der Waals surface area contributed by atoms with Crippen molar-refractivity contribution >= 4 is 27.7 Å². The molecule has 0 unspecified atom stereocenters.